The molecule has 2 nitrogen and oxygen atoms in total. The van der Waals surface area contributed by atoms with Crippen LogP contribution in [0.3, 0.4) is 0 Å². The summed E-state index contributed by atoms with van der Waals surface area (Å²) in [5, 5.41) is 0. The van der Waals surface area contributed by atoms with Gasteiger partial charge in [-0.25, -0.2) is 0 Å². The summed E-state index contributed by atoms with van der Waals surface area (Å²) >= 11 is 7.40. The maximum absolute atomic E-state index is 2.41. The summed E-state index contributed by atoms with van der Waals surface area (Å²) in [6, 6.07) is 6.67. The van der Waals surface area contributed by atoms with Crippen LogP contribution < -0.4 is 57.1 Å². The molecule has 2 heterocycles. The third-order valence-corrected chi connectivity index (χ3v) is 9.12. The molecule has 8 heteroatoms. The smallest absolute Gasteiger partial charge is 0.303 e. The summed E-state index contributed by atoms with van der Waals surface area (Å²) in [5.41, 5.74) is 6.56. The van der Waals surface area contributed by atoms with Crippen molar-refractivity contribution < 1.29 is 57.1 Å². The Kier molecular flexibility index (Phi) is 10.1. The molecule has 2 aromatic heterocycles. The number of aromatic nitrogens is 2. The predicted octanol–water partition coefficient (Wildman–Crippen LogP) is -0.643. The number of thioether (sulfide) groups is 2. The number of rotatable bonds is 4. The van der Waals surface area contributed by atoms with Crippen molar-refractivity contribution in [2.75, 3.05) is 12.5 Å². The summed E-state index contributed by atoms with van der Waals surface area (Å²) in [6.07, 6.45) is 4.32. The van der Waals surface area contributed by atoms with Gasteiger partial charge in [-0.05, 0) is 62.9 Å². The molecule has 0 N–H and O–H groups in total. The van der Waals surface area contributed by atoms with Crippen LogP contribution in [-0.4, -0.2) is 12.5 Å². The molecule has 0 radical (unpaired) electrons. The van der Waals surface area contributed by atoms with Gasteiger partial charge < -0.3 is 48.0 Å². The van der Waals surface area contributed by atoms with Crippen LogP contribution in [0.5, 0.6) is 0 Å². The highest BCUT2D eigenvalue weighted by Gasteiger charge is 2.30. The Morgan fingerprint density at radius 1 is 0.704 bits per heavy atom. The molecule has 148 valence electrons. The van der Waals surface area contributed by atoms with Crippen molar-refractivity contribution in [1.29, 1.82) is 0 Å². The van der Waals surface area contributed by atoms with E-state index in [1.54, 1.807) is 0 Å². The highest BCUT2D eigenvalue weighted by Crippen LogP contribution is 2.29. The van der Waals surface area contributed by atoms with Crippen LogP contribution in [-0.2, 0) is 0 Å². The van der Waals surface area contributed by atoms with Crippen LogP contribution in [0.4, 0.5) is 0 Å². The lowest BCUT2D eigenvalue weighted by atomic mass is 10.1. The van der Waals surface area contributed by atoms with Crippen LogP contribution in [0.2, 0.25) is 0 Å². The molecule has 27 heavy (non-hydrogen) atoms. The quantitative estimate of drug-likeness (QED) is 0.209. The lowest BCUT2D eigenvalue weighted by Gasteiger charge is -2.05. The first kappa shape index (κ1) is 25.7. The van der Waals surface area contributed by atoms with Gasteiger partial charge in [0.1, 0.15) is 0 Å². The number of nitrogens with zero attached hydrogens (tertiary/aromatic N) is 2. The fraction of sp³-hybridized carbons (Fsp3) is 0.368. The highest BCUT2D eigenvalue weighted by molar-refractivity contribution is 8.00. The minimum Gasteiger partial charge on any atom is -1.00 e. The van der Waals surface area contributed by atoms with Crippen LogP contribution in [0.25, 0.3) is 11.4 Å². The van der Waals surface area contributed by atoms with E-state index in [-0.39, 0.29) is 48.0 Å². The van der Waals surface area contributed by atoms with Gasteiger partial charge in [-0.3, -0.25) is 0 Å². The first-order valence-electron chi connectivity index (χ1n) is 8.13. The molecular formula is C19H24I2N2S4. The maximum atomic E-state index is 2.41. The number of halogens is 2. The SMILES string of the molecule is CSc1sc(C)c(C)[n+]1-c1cccc(-[n+]2c(SC)sc(C)c2C)c1C.[I-].[I-]. The van der Waals surface area contributed by atoms with Crippen LogP contribution >= 0.6 is 46.2 Å². The Morgan fingerprint density at radius 2 is 1.07 bits per heavy atom. The lowest BCUT2D eigenvalue weighted by molar-refractivity contribution is -0.643. The van der Waals surface area contributed by atoms with Crippen molar-refractivity contribution in [3.63, 3.8) is 0 Å². The van der Waals surface area contributed by atoms with Crippen molar-refractivity contribution in [2.45, 2.75) is 43.3 Å². The minimum atomic E-state index is 0. The normalized spacial score (nSPS) is 10.5. The average molecular weight is 662 g/mol. The van der Waals surface area contributed by atoms with Crippen LogP contribution in [0, 0.1) is 34.6 Å². The van der Waals surface area contributed by atoms with Gasteiger partial charge in [-0.1, -0.05) is 22.7 Å². The van der Waals surface area contributed by atoms with Crippen molar-refractivity contribution in [3.05, 3.63) is 44.9 Å². The van der Waals surface area contributed by atoms with Gasteiger partial charge in [-0.2, -0.15) is 0 Å². The second-order valence-electron chi connectivity index (χ2n) is 6.02. The molecule has 0 aliphatic carbocycles. The Balaban J connectivity index is 0.00000182. The maximum Gasteiger partial charge on any atom is 0.303 e. The fourth-order valence-corrected chi connectivity index (χ4v) is 6.92. The molecule has 0 saturated carbocycles. The molecule has 0 aliphatic heterocycles. The average Bonchev–Trinajstić information content (AvgIpc) is 3.05. The number of hydrogen-bond acceptors (Lipinski definition) is 4. The van der Waals surface area contributed by atoms with Crippen molar-refractivity contribution >= 4 is 46.2 Å². The van der Waals surface area contributed by atoms with Gasteiger partial charge in [0.15, 0.2) is 11.4 Å². The summed E-state index contributed by atoms with van der Waals surface area (Å²) in [6.45, 7) is 11.1. The molecule has 0 spiro atoms. The molecule has 0 saturated heterocycles. The molecular weight excluding hydrogens is 638 g/mol. The molecule has 1 aromatic carbocycles. The second-order valence-corrected chi connectivity index (χ2v) is 10.5. The fourth-order valence-electron chi connectivity index (χ4n) is 3.01. The summed E-state index contributed by atoms with van der Waals surface area (Å²) in [5.74, 6) is 0. The predicted molar refractivity (Wildman–Crippen MR) is 113 cm³/mol. The largest absolute Gasteiger partial charge is 1.00 e. The molecule has 0 atom stereocenters. The Morgan fingerprint density at radius 3 is 1.41 bits per heavy atom. The summed E-state index contributed by atoms with van der Waals surface area (Å²) in [7, 11) is 0. The molecule has 0 unspecified atom stereocenters. The van der Waals surface area contributed by atoms with E-state index in [9.17, 15) is 0 Å². The van der Waals surface area contributed by atoms with Gasteiger partial charge in [0.25, 0.3) is 0 Å². The first-order valence-corrected chi connectivity index (χ1v) is 12.2. The van der Waals surface area contributed by atoms with Crippen molar-refractivity contribution in [1.82, 2.24) is 0 Å². The van der Waals surface area contributed by atoms with E-state index in [0.717, 1.165) is 0 Å². The Labute approximate surface area is 213 Å². The van der Waals surface area contributed by atoms with Gasteiger partial charge in [0, 0.05) is 26.0 Å². The lowest BCUT2D eigenvalue weighted by Crippen LogP contribution is -3.00. The number of thiazole rings is 2. The molecule has 3 aromatic rings. The van der Waals surface area contributed by atoms with Gasteiger partial charge >= 0.3 is 8.68 Å². The third-order valence-electron chi connectivity index (χ3n) is 4.64. The number of benzene rings is 1. The van der Waals surface area contributed by atoms with Gasteiger partial charge in [-0.15, -0.1) is 9.13 Å². The van der Waals surface area contributed by atoms with E-state index in [2.05, 4.69) is 74.5 Å². The molecule has 0 aliphatic rings. The molecule has 3 rings (SSSR count). The third kappa shape index (κ3) is 4.70. The zero-order chi connectivity index (χ0) is 18.3. The zero-order valence-electron chi connectivity index (χ0n) is 16.5. The highest BCUT2D eigenvalue weighted by atomic mass is 127. The molecule has 0 amide bonds. The first-order chi connectivity index (χ1) is 11.9. The van der Waals surface area contributed by atoms with Gasteiger partial charge in [0.05, 0.1) is 15.3 Å². The number of hydrogen-bond donors (Lipinski definition) is 0. The van der Waals surface area contributed by atoms with E-state index >= 15 is 0 Å². The van der Waals surface area contributed by atoms with Crippen LogP contribution in [0.15, 0.2) is 26.9 Å². The zero-order valence-corrected chi connectivity index (χ0v) is 24.1. The van der Waals surface area contributed by atoms with E-state index in [4.69, 9.17) is 0 Å². The Hall–Kier alpha value is 0.640. The minimum absolute atomic E-state index is 0. The topological polar surface area (TPSA) is 7.76 Å². The molecule has 0 fully saturated rings. The van der Waals surface area contributed by atoms with Crippen molar-refractivity contribution in [2.24, 2.45) is 0 Å². The Bertz CT molecular complexity index is 875. The summed E-state index contributed by atoms with van der Waals surface area (Å²) < 4.78 is 7.50. The van der Waals surface area contributed by atoms with Gasteiger partial charge in [0.2, 0.25) is 11.4 Å². The van der Waals surface area contributed by atoms with E-state index in [0.29, 0.717) is 0 Å². The molecule has 0 bridgehead atoms. The van der Waals surface area contributed by atoms with E-state index in [1.807, 2.05) is 46.2 Å². The standard InChI is InChI=1S/C19H24N2S4.2HI/c1-11-16(20-12(2)14(4)24-18(20)22-6)9-8-10-17(11)21-13(3)15(5)25-19(21)23-7;;/h8-10H,1-7H3;2*1H/q+2;;/p-2. The monoisotopic (exact) mass is 662 g/mol. The number of aryl methyl sites for hydroxylation is 2. The van der Waals surface area contributed by atoms with Crippen LogP contribution in [0.1, 0.15) is 26.7 Å². The second kappa shape index (κ2) is 10.6. The van der Waals surface area contributed by atoms with E-state index in [1.165, 1.54) is 46.8 Å². The summed E-state index contributed by atoms with van der Waals surface area (Å²) in [4.78, 5) is 2.77. The van der Waals surface area contributed by atoms with E-state index < -0.39 is 0 Å². The van der Waals surface area contributed by atoms with Crippen molar-refractivity contribution in [3.8, 4) is 11.4 Å².